The number of nitrogens with one attached hydrogen (secondary N) is 2. The largest absolute Gasteiger partial charge is 0.449 e. The van der Waals surface area contributed by atoms with Gasteiger partial charge in [0, 0.05) is 6.07 Å². The van der Waals surface area contributed by atoms with Gasteiger partial charge in [-0.2, -0.15) is 13.2 Å². The number of aromatic nitrogens is 3. The van der Waals surface area contributed by atoms with Crippen LogP contribution in [0.25, 0.3) is 11.0 Å². The standard InChI is InChI=1S/C20H15F3N4O2/c1-11-9-16(27-29-11)18(28)26-17(12-5-3-2-4-6-12)13-7-8-14-15(10-13)25-19(24-14)20(21,22)23/h2-10,17H,1H3,(H,24,25)(H,26,28). The molecule has 0 aliphatic carbocycles. The minimum Gasteiger partial charge on any atom is -0.361 e. The molecule has 0 saturated heterocycles. The van der Waals surface area contributed by atoms with Crippen LogP contribution in [0.1, 0.15) is 39.2 Å². The third kappa shape index (κ3) is 3.84. The van der Waals surface area contributed by atoms with Gasteiger partial charge in [0.25, 0.3) is 5.91 Å². The molecule has 0 bridgehead atoms. The molecule has 4 rings (SSSR count). The zero-order valence-electron chi connectivity index (χ0n) is 15.1. The zero-order chi connectivity index (χ0) is 20.6. The molecule has 4 aromatic rings. The number of carbonyl (C=O) groups is 1. The Bertz CT molecular complexity index is 1170. The van der Waals surface area contributed by atoms with Crippen molar-refractivity contribution in [3.05, 3.63) is 83.0 Å². The summed E-state index contributed by atoms with van der Waals surface area (Å²) in [5.41, 5.74) is 1.88. The SMILES string of the molecule is Cc1cc(C(=O)NC(c2ccccc2)c2ccc3nc(C(F)(F)F)[nH]c3c2)no1. The van der Waals surface area contributed by atoms with Crippen molar-refractivity contribution in [2.45, 2.75) is 19.1 Å². The van der Waals surface area contributed by atoms with Gasteiger partial charge in [-0.3, -0.25) is 4.79 Å². The molecule has 148 valence electrons. The number of rotatable bonds is 4. The number of imidazole rings is 1. The highest BCUT2D eigenvalue weighted by Gasteiger charge is 2.34. The zero-order valence-corrected chi connectivity index (χ0v) is 15.1. The summed E-state index contributed by atoms with van der Waals surface area (Å²) in [6.45, 7) is 1.67. The maximum atomic E-state index is 12.9. The topological polar surface area (TPSA) is 83.8 Å². The molecular weight excluding hydrogens is 385 g/mol. The first-order chi connectivity index (χ1) is 13.8. The van der Waals surface area contributed by atoms with Crippen molar-refractivity contribution in [1.29, 1.82) is 0 Å². The van der Waals surface area contributed by atoms with Crippen LogP contribution in [0.4, 0.5) is 13.2 Å². The lowest BCUT2D eigenvalue weighted by molar-refractivity contribution is -0.144. The van der Waals surface area contributed by atoms with E-state index in [1.165, 1.54) is 12.1 Å². The van der Waals surface area contributed by atoms with Crippen LogP contribution in [0, 0.1) is 6.92 Å². The Morgan fingerprint density at radius 3 is 2.52 bits per heavy atom. The summed E-state index contributed by atoms with van der Waals surface area (Å²) in [6, 6.07) is 14.6. The highest BCUT2D eigenvalue weighted by Crippen LogP contribution is 2.30. The summed E-state index contributed by atoms with van der Waals surface area (Å²) in [5.74, 6) is -1.04. The number of halogens is 3. The van der Waals surface area contributed by atoms with Crippen molar-refractivity contribution in [2.75, 3.05) is 0 Å². The number of amides is 1. The van der Waals surface area contributed by atoms with Crippen LogP contribution >= 0.6 is 0 Å². The minimum atomic E-state index is -4.57. The molecule has 9 heteroatoms. The van der Waals surface area contributed by atoms with E-state index < -0.39 is 23.9 Å². The molecule has 0 spiro atoms. The summed E-state index contributed by atoms with van der Waals surface area (Å²) in [7, 11) is 0. The summed E-state index contributed by atoms with van der Waals surface area (Å²) < 4.78 is 43.8. The van der Waals surface area contributed by atoms with Crippen molar-refractivity contribution in [2.24, 2.45) is 0 Å². The normalized spacial score (nSPS) is 12.8. The lowest BCUT2D eigenvalue weighted by Gasteiger charge is -2.19. The van der Waals surface area contributed by atoms with E-state index in [0.717, 1.165) is 5.56 Å². The summed E-state index contributed by atoms with van der Waals surface area (Å²) in [4.78, 5) is 18.5. The number of aromatic amines is 1. The Hall–Kier alpha value is -3.62. The number of carbonyl (C=O) groups excluding carboxylic acids is 1. The van der Waals surface area contributed by atoms with Gasteiger partial charge < -0.3 is 14.8 Å². The fraction of sp³-hybridized carbons (Fsp3) is 0.150. The van der Waals surface area contributed by atoms with Gasteiger partial charge in [-0.05, 0) is 30.2 Å². The average molecular weight is 400 g/mol. The van der Waals surface area contributed by atoms with E-state index in [1.54, 1.807) is 19.1 Å². The van der Waals surface area contributed by atoms with Gasteiger partial charge in [0.1, 0.15) is 5.76 Å². The molecule has 1 unspecified atom stereocenters. The molecule has 2 N–H and O–H groups in total. The number of fused-ring (bicyclic) bond motifs is 1. The van der Waals surface area contributed by atoms with E-state index in [-0.39, 0.29) is 16.7 Å². The number of H-pyrrole nitrogens is 1. The van der Waals surface area contributed by atoms with Gasteiger partial charge in [-0.15, -0.1) is 0 Å². The van der Waals surface area contributed by atoms with Gasteiger partial charge in [0.05, 0.1) is 17.1 Å². The molecule has 0 saturated carbocycles. The Labute approximate surface area is 162 Å². The lowest BCUT2D eigenvalue weighted by Crippen LogP contribution is -2.29. The van der Waals surface area contributed by atoms with Crippen molar-refractivity contribution >= 4 is 16.9 Å². The lowest BCUT2D eigenvalue weighted by atomic mass is 9.98. The maximum absolute atomic E-state index is 12.9. The molecule has 1 amide bonds. The quantitative estimate of drug-likeness (QED) is 0.532. The van der Waals surface area contributed by atoms with Crippen LogP contribution in [0.2, 0.25) is 0 Å². The van der Waals surface area contributed by atoms with Gasteiger partial charge in [-0.25, -0.2) is 4.98 Å². The highest BCUT2D eigenvalue weighted by molar-refractivity contribution is 5.92. The number of hydrogen-bond donors (Lipinski definition) is 2. The number of hydrogen-bond acceptors (Lipinski definition) is 4. The van der Waals surface area contributed by atoms with Crippen molar-refractivity contribution in [3.63, 3.8) is 0 Å². The second kappa shape index (κ2) is 7.08. The number of benzene rings is 2. The van der Waals surface area contributed by atoms with E-state index in [2.05, 4.69) is 20.4 Å². The van der Waals surface area contributed by atoms with Crippen LogP contribution in [-0.2, 0) is 6.18 Å². The van der Waals surface area contributed by atoms with Crippen LogP contribution < -0.4 is 5.32 Å². The van der Waals surface area contributed by atoms with E-state index >= 15 is 0 Å². The average Bonchev–Trinajstić information content (AvgIpc) is 3.32. The predicted octanol–water partition coefficient (Wildman–Crippen LogP) is 4.40. The molecule has 1 atom stereocenters. The first-order valence-electron chi connectivity index (χ1n) is 8.67. The Balaban J connectivity index is 1.73. The van der Waals surface area contributed by atoms with E-state index in [1.807, 2.05) is 30.3 Å². The molecule has 29 heavy (non-hydrogen) atoms. The minimum absolute atomic E-state index is 0.116. The van der Waals surface area contributed by atoms with Gasteiger partial charge in [0.2, 0.25) is 5.82 Å². The van der Waals surface area contributed by atoms with E-state index in [9.17, 15) is 18.0 Å². The molecular formula is C20H15F3N4O2. The molecule has 2 heterocycles. The van der Waals surface area contributed by atoms with E-state index in [0.29, 0.717) is 11.3 Å². The smallest absolute Gasteiger partial charge is 0.361 e. The Morgan fingerprint density at radius 1 is 1.10 bits per heavy atom. The number of alkyl halides is 3. The summed E-state index contributed by atoms with van der Waals surface area (Å²) in [5, 5.41) is 6.57. The molecule has 0 radical (unpaired) electrons. The van der Waals surface area contributed by atoms with Crippen molar-refractivity contribution < 1.29 is 22.5 Å². The Kier molecular flexibility index (Phi) is 4.57. The van der Waals surface area contributed by atoms with Crippen LogP contribution in [0.3, 0.4) is 0 Å². The third-order valence-corrected chi connectivity index (χ3v) is 4.38. The molecule has 0 fully saturated rings. The molecule has 2 aromatic heterocycles. The predicted molar refractivity (Wildman–Crippen MR) is 98.1 cm³/mol. The molecule has 0 aliphatic rings. The number of aryl methyl sites for hydroxylation is 1. The second-order valence-electron chi connectivity index (χ2n) is 6.50. The van der Waals surface area contributed by atoms with Crippen molar-refractivity contribution in [1.82, 2.24) is 20.4 Å². The fourth-order valence-electron chi connectivity index (χ4n) is 3.02. The van der Waals surface area contributed by atoms with Crippen molar-refractivity contribution in [3.8, 4) is 0 Å². The monoisotopic (exact) mass is 400 g/mol. The van der Waals surface area contributed by atoms with E-state index in [4.69, 9.17) is 4.52 Å². The van der Waals surface area contributed by atoms with Gasteiger partial charge in [0.15, 0.2) is 5.69 Å². The van der Waals surface area contributed by atoms with Crippen LogP contribution in [0.5, 0.6) is 0 Å². The third-order valence-electron chi connectivity index (χ3n) is 4.38. The summed E-state index contributed by atoms with van der Waals surface area (Å²) in [6.07, 6.45) is -4.57. The van der Waals surface area contributed by atoms with Crippen LogP contribution in [-0.4, -0.2) is 21.0 Å². The number of nitrogens with zero attached hydrogens (tertiary/aromatic N) is 2. The van der Waals surface area contributed by atoms with Crippen LogP contribution in [0.15, 0.2) is 59.1 Å². The van der Waals surface area contributed by atoms with Gasteiger partial charge >= 0.3 is 6.18 Å². The molecule has 6 nitrogen and oxygen atoms in total. The first kappa shape index (κ1) is 18.7. The van der Waals surface area contributed by atoms with Gasteiger partial charge in [-0.1, -0.05) is 41.6 Å². The maximum Gasteiger partial charge on any atom is 0.449 e. The summed E-state index contributed by atoms with van der Waals surface area (Å²) >= 11 is 0. The molecule has 0 aliphatic heterocycles. The highest BCUT2D eigenvalue weighted by atomic mass is 19.4. The second-order valence-corrected chi connectivity index (χ2v) is 6.50. The molecule has 2 aromatic carbocycles. The Morgan fingerprint density at radius 2 is 1.86 bits per heavy atom. The fourth-order valence-corrected chi connectivity index (χ4v) is 3.02. The first-order valence-corrected chi connectivity index (χ1v) is 8.67.